The zero-order valence-electron chi connectivity index (χ0n) is 20.3. The minimum Gasteiger partial charge on any atom is -0.490 e. The molecule has 7 heteroatoms. The number of likely N-dealkylation sites (tertiary alicyclic amines) is 1. The van der Waals surface area contributed by atoms with Crippen LogP contribution in [0.25, 0.3) is 0 Å². The molecule has 0 N–H and O–H groups in total. The molecule has 3 aromatic carbocycles. The van der Waals surface area contributed by atoms with Crippen molar-refractivity contribution in [3.63, 3.8) is 0 Å². The maximum atomic E-state index is 14.1. The number of hydrogen-bond acceptors (Lipinski definition) is 3. The van der Waals surface area contributed by atoms with Gasteiger partial charge in [0, 0.05) is 50.5 Å². The third-order valence-corrected chi connectivity index (χ3v) is 6.79. The van der Waals surface area contributed by atoms with Crippen molar-refractivity contribution in [2.24, 2.45) is 5.92 Å². The Bertz CT molecular complexity index is 1170. The summed E-state index contributed by atoms with van der Waals surface area (Å²) in [6.45, 7) is 1.36. The zero-order chi connectivity index (χ0) is 25.5. The summed E-state index contributed by atoms with van der Waals surface area (Å²) in [7, 11) is 1.79. The van der Waals surface area contributed by atoms with Gasteiger partial charge in [0.2, 0.25) is 11.8 Å². The average molecular weight is 509 g/mol. The van der Waals surface area contributed by atoms with E-state index in [0.717, 1.165) is 5.56 Å². The molecule has 3 aromatic rings. The van der Waals surface area contributed by atoms with Crippen molar-refractivity contribution < 1.29 is 18.7 Å². The molecule has 4 rings (SSSR count). The molecule has 188 valence electrons. The number of carbonyl (C=O) groups excluding carboxylic acids is 2. The van der Waals surface area contributed by atoms with Crippen LogP contribution in [0.3, 0.4) is 0 Å². The second-order valence-electron chi connectivity index (χ2n) is 9.21. The molecule has 0 unspecified atom stereocenters. The highest BCUT2D eigenvalue weighted by atomic mass is 35.5. The van der Waals surface area contributed by atoms with E-state index in [1.165, 1.54) is 6.07 Å². The number of hydrogen-bond donors (Lipinski definition) is 0. The molecule has 1 saturated heterocycles. The van der Waals surface area contributed by atoms with Crippen molar-refractivity contribution in [3.05, 3.63) is 101 Å². The largest absolute Gasteiger partial charge is 0.490 e. The third kappa shape index (κ3) is 6.85. The van der Waals surface area contributed by atoms with E-state index in [1.54, 1.807) is 59.3 Å². The van der Waals surface area contributed by atoms with Crippen molar-refractivity contribution >= 4 is 23.4 Å². The number of halogens is 2. The molecule has 5 nitrogen and oxygen atoms in total. The Kier molecular flexibility index (Phi) is 8.60. The van der Waals surface area contributed by atoms with Crippen LogP contribution in [0.4, 0.5) is 4.39 Å². The van der Waals surface area contributed by atoms with Gasteiger partial charge < -0.3 is 14.5 Å². The van der Waals surface area contributed by atoms with Gasteiger partial charge in [-0.1, -0.05) is 60.1 Å². The van der Waals surface area contributed by atoms with E-state index in [1.807, 2.05) is 30.3 Å². The molecule has 1 aliphatic rings. The lowest BCUT2D eigenvalue weighted by Gasteiger charge is -2.39. The first-order chi connectivity index (χ1) is 17.4. The Labute approximate surface area is 216 Å². The van der Waals surface area contributed by atoms with Crippen LogP contribution >= 0.6 is 11.6 Å². The second-order valence-corrected chi connectivity index (χ2v) is 9.64. The van der Waals surface area contributed by atoms with Crippen molar-refractivity contribution in [1.29, 1.82) is 0 Å². The number of piperidine rings is 1. The Morgan fingerprint density at radius 3 is 2.44 bits per heavy atom. The lowest BCUT2D eigenvalue weighted by atomic mass is 9.90. The quantitative estimate of drug-likeness (QED) is 0.411. The van der Waals surface area contributed by atoms with Crippen molar-refractivity contribution in [2.75, 3.05) is 20.1 Å². The molecule has 1 fully saturated rings. The number of rotatable bonds is 8. The second kappa shape index (κ2) is 12.0. The maximum absolute atomic E-state index is 14.1. The van der Waals surface area contributed by atoms with Gasteiger partial charge in [-0.15, -0.1) is 0 Å². The predicted octanol–water partition coefficient (Wildman–Crippen LogP) is 5.37. The Morgan fingerprint density at radius 1 is 1.03 bits per heavy atom. The first-order valence-electron chi connectivity index (χ1n) is 12.1. The molecule has 0 spiro atoms. The van der Waals surface area contributed by atoms with Gasteiger partial charge in [-0.05, 0) is 41.5 Å². The van der Waals surface area contributed by atoms with Gasteiger partial charge in [0.25, 0.3) is 0 Å². The van der Waals surface area contributed by atoms with Gasteiger partial charge >= 0.3 is 0 Å². The molecular weight excluding hydrogens is 479 g/mol. The Morgan fingerprint density at radius 2 is 1.72 bits per heavy atom. The number of carbonyl (C=O) groups is 2. The SMILES string of the molecule is CN(Cc1ccccc1)C(=O)C[C@H]1CN(C(=O)Cc2ccccc2F)CC[C@@H]1Oc1ccc(Cl)cc1. The molecule has 2 atom stereocenters. The van der Waals surface area contributed by atoms with Crippen LogP contribution in [0.2, 0.25) is 5.02 Å². The van der Waals surface area contributed by atoms with E-state index in [0.29, 0.717) is 42.4 Å². The Hall–Kier alpha value is -3.38. The fourth-order valence-corrected chi connectivity index (χ4v) is 4.64. The fraction of sp³-hybridized carbons (Fsp3) is 0.310. The lowest BCUT2D eigenvalue weighted by molar-refractivity contribution is -0.138. The highest BCUT2D eigenvalue weighted by Gasteiger charge is 2.35. The molecule has 0 bridgehead atoms. The van der Waals surface area contributed by atoms with E-state index in [9.17, 15) is 14.0 Å². The Balaban J connectivity index is 1.46. The predicted molar refractivity (Wildman–Crippen MR) is 138 cm³/mol. The lowest BCUT2D eigenvalue weighted by Crippen LogP contribution is -2.49. The van der Waals surface area contributed by atoms with Gasteiger partial charge in [-0.25, -0.2) is 4.39 Å². The normalized spacial score (nSPS) is 17.5. The number of ether oxygens (including phenoxy) is 1. The van der Waals surface area contributed by atoms with Crippen molar-refractivity contribution in [2.45, 2.75) is 31.9 Å². The minimum absolute atomic E-state index is 0.00996. The van der Waals surface area contributed by atoms with Gasteiger partial charge in [0.15, 0.2) is 0 Å². The van der Waals surface area contributed by atoms with Crippen LogP contribution in [-0.2, 0) is 22.6 Å². The van der Waals surface area contributed by atoms with E-state index < -0.39 is 0 Å². The summed E-state index contributed by atoms with van der Waals surface area (Å²) in [6.07, 6.45) is 0.568. The maximum Gasteiger partial charge on any atom is 0.227 e. The van der Waals surface area contributed by atoms with E-state index in [2.05, 4.69) is 0 Å². The van der Waals surface area contributed by atoms with Crippen LogP contribution in [-0.4, -0.2) is 47.9 Å². The van der Waals surface area contributed by atoms with E-state index >= 15 is 0 Å². The van der Waals surface area contributed by atoms with E-state index in [4.69, 9.17) is 16.3 Å². The summed E-state index contributed by atoms with van der Waals surface area (Å²) in [5.41, 5.74) is 1.42. The zero-order valence-corrected chi connectivity index (χ0v) is 21.0. The average Bonchev–Trinajstić information content (AvgIpc) is 2.88. The molecular formula is C29H30ClFN2O3. The van der Waals surface area contributed by atoms with Crippen LogP contribution in [0.1, 0.15) is 24.0 Å². The van der Waals surface area contributed by atoms with Gasteiger partial charge in [0.1, 0.15) is 17.7 Å². The molecule has 36 heavy (non-hydrogen) atoms. The molecule has 2 amide bonds. The highest BCUT2D eigenvalue weighted by Crippen LogP contribution is 2.28. The minimum atomic E-state index is -0.388. The standard InChI is InChI=1S/C29H30ClFN2O3/c1-32(19-21-7-3-2-4-8-21)28(34)18-23-20-33(29(35)17-22-9-5-6-10-26(22)31)16-15-27(23)36-25-13-11-24(30)12-14-25/h2-14,23,27H,15-20H2,1H3/t23-,27-/m0/s1. The van der Waals surface area contributed by atoms with Gasteiger partial charge in [-0.3, -0.25) is 9.59 Å². The molecule has 0 radical (unpaired) electrons. The first-order valence-corrected chi connectivity index (χ1v) is 12.5. The third-order valence-electron chi connectivity index (χ3n) is 6.54. The number of amides is 2. The highest BCUT2D eigenvalue weighted by molar-refractivity contribution is 6.30. The summed E-state index contributed by atoms with van der Waals surface area (Å²) in [6, 6.07) is 23.3. The van der Waals surface area contributed by atoms with Crippen molar-refractivity contribution in [1.82, 2.24) is 9.80 Å². The van der Waals surface area contributed by atoms with Crippen molar-refractivity contribution in [3.8, 4) is 5.75 Å². The smallest absolute Gasteiger partial charge is 0.227 e. The van der Waals surface area contributed by atoms with Crippen LogP contribution < -0.4 is 4.74 Å². The number of nitrogens with zero attached hydrogens (tertiary/aromatic N) is 2. The monoisotopic (exact) mass is 508 g/mol. The molecule has 1 heterocycles. The van der Waals surface area contributed by atoms with Gasteiger partial charge in [0.05, 0.1) is 6.42 Å². The molecule has 0 aromatic heterocycles. The summed E-state index contributed by atoms with van der Waals surface area (Å²) >= 11 is 6.01. The summed E-state index contributed by atoms with van der Waals surface area (Å²) < 4.78 is 20.4. The topological polar surface area (TPSA) is 49.9 Å². The summed E-state index contributed by atoms with van der Waals surface area (Å²) in [4.78, 5) is 29.6. The molecule has 0 saturated carbocycles. The summed E-state index contributed by atoms with van der Waals surface area (Å²) in [5.74, 6) is -0.0893. The molecule has 0 aliphatic carbocycles. The van der Waals surface area contributed by atoms with Crippen LogP contribution in [0.5, 0.6) is 5.75 Å². The summed E-state index contributed by atoms with van der Waals surface area (Å²) in [5, 5.41) is 0.616. The fourth-order valence-electron chi connectivity index (χ4n) is 4.52. The van der Waals surface area contributed by atoms with E-state index in [-0.39, 0.29) is 42.5 Å². The number of benzene rings is 3. The van der Waals surface area contributed by atoms with Gasteiger partial charge in [-0.2, -0.15) is 0 Å². The van der Waals surface area contributed by atoms with Crippen LogP contribution in [0.15, 0.2) is 78.9 Å². The first kappa shape index (κ1) is 25.7. The molecule has 1 aliphatic heterocycles. The van der Waals surface area contributed by atoms with Crippen LogP contribution in [0, 0.1) is 11.7 Å².